The number of carboxylic acids is 1. The molecule has 0 bridgehead atoms. The van der Waals surface area contributed by atoms with Crippen LogP contribution in [0.15, 0.2) is 54.3 Å². The molecule has 0 aliphatic carbocycles. The van der Waals surface area contributed by atoms with Crippen molar-refractivity contribution in [3.63, 3.8) is 0 Å². The molecule has 0 saturated carbocycles. The van der Waals surface area contributed by atoms with Crippen LogP contribution in [0.1, 0.15) is 38.8 Å². The lowest BCUT2D eigenvalue weighted by Gasteiger charge is -2.36. The first-order chi connectivity index (χ1) is 26.1. The molecule has 2 heterocycles. The van der Waals surface area contributed by atoms with E-state index in [4.69, 9.17) is 9.47 Å². The van der Waals surface area contributed by atoms with Gasteiger partial charge in [0, 0.05) is 32.6 Å². The number of pyridine rings is 1. The Balaban J connectivity index is 1.59. The largest absolute Gasteiger partial charge is 0.507 e. The Bertz CT molecular complexity index is 3020. The van der Waals surface area contributed by atoms with E-state index in [9.17, 15) is 53.7 Å². The Morgan fingerprint density at radius 1 is 0.818 bits per heavy atom. The quantitative estimate of drug-likeness (QED) is 0.134. The van der Waals surface area contributed by atoms with Crippen molar-refractivity contribution < 1.29 is 39.2 Å². The van der Waals surface area contributed by atoms with Crippen LogP contribution in [0.25, 0.3) is 53.9 Å². The topological polar surface area (TPSA) is 236 Å². The van der Waals surface area contributed by atoms with Gasteiger partial charge in [0.25, 0.3) is 5.56 Å². The van der Waals surface area contributed by atoms with Gasteiger partial charge in [-0.05, 0) is 49.6 Å². The molecule has 16 heteroatoms. The van der Waals surface area contributed by atoms with Gasteiger partial charge >= 0.3 is 5.97 Å². The van der Waals surface area contributed by atoms with Crippen LogP contribution in [0.3, 0.4) is 0 Å². The van der Waals surface area contributed by atoms with E-state index in [0.717, 1.165) is 15.5 Å². The fourth-order valence-corrected chi connectivity index (χ4v) is 7.68. The summed E-state index contributed by atoms with van der Waals surface area (Å²) >= 11 is 0. The number of carboxylic acid groups (broad SMARTS) is 1. The van der Waals surface area contributed by atoms with Crippen molar-refractivity contribution in [1.82, 2.24) is 14.8 Å². The van der Waals surface area contributed by atoms with E-state index in [1.807, 2.05) is 0 Å². The fourth-order valence-electron chi connectivity index (χ4n) is 7.68. The SMILES string of the molecule is CCC(C)c1cc2c(=O)c3ccc4c(OC)c5c(=O)c6c(OC)ccc(O)c6c(=O)c5c(O)c4c3c(=O)c2c(=O)n1CC(=O)N1CC(C(=O)O)NC(=O)C1C. The number of hydrogen-bond donors (Lipinski definition) is 4. The summed E-state index contributed by atoms with van der Waals surface area (Å²) in [6.07, 6.45) is 0.440. The number of nitrogens with zero attached hydrogens (tertiary/aromatic N) is 2. The van der Waals surface area contributed by atoms with Gasteiger partial charge in [0.2, 0.25) is 28.1 Å². The highest BCUT2D eigenvalue weighted by Crippen LogP contribution is 2.43. The Labute approximate surface area is 308 Å². The van der Waals surface area contributed by atoms with E-state index in [0.29, 0.717) is 6.42 Å². The number of ether oxygens (including phenoxy) is 2. The number of phenols is 2. The third-order valence-electron chi connectivity index (χ3n) is 10.7. The summed E-state index contributed by atoms with van der Waals surface area (Å²) in [6.45, 7) is 3.84. The second-order valence-electron chi connectivity index (χ2n) is 13.6. The van der Waals surface area contributed by atoms with Crippen molar-refractivity contribution in [2.45, 2.75) is 51.7 Å². The summed E-state index contributed by atoms with van der Waals surface area (Å²) in [5.41, 5.74) is -4.46. The Morgan fingerprint density at radius 3 is 2.11 bits per heavy atom. The highest BCUT2D eigenvalue weighted by atomic mass is 16.5. The number of carbonyl (C=O) groups excluding carboxylic acids is 2. The van der Waals surface area contributed by atoms with Crippen molar-refractivity contribution in [2.24, 2.45) is 0 Å². The number of aromatic nitrogens is 1. The van der Waals surface area contributed by atoms with Crippen LogP contribution in [0, 0.1) is 0 Å². The normalized spacial score (nSPS) is 16.6. The molecule has 5 aromatic carbocycles. The van der Waals surface area contributed by atoms with Crippen molar-refractivity contribution in [3.8, 4) is 23.0 Å². The van der Waals surface area contributed by atoms with Gasteiger partial charge in [-0.1, -0.05) is 13.8 Å². The average Bonchev–Trinajstić information content (AvgIpc) is 3.16. The van der Waals surface area contributed by atoms with Crippen LogP contribution in [0.2, 0.25) is 0 Å². The van der Waals surface area contributed by atoms with E-state index >= 15 is 0 Å². The van der Waals surface area contributed by atoms with E-state index in [1.165, 1.54) is 45.4 Å². The average molecular weight is 752 g/mol. The minimum Gasteiger partial charge on any atom is -0.507 e. The summed E-state index contributed by atoms with van der Waals surface area (Å²) in [5.74, 6) is -5.04. The lowest BCUT2D eigenvalue weighted by atomic mass is 9.91. The molecule has 4 N–H and O–H groups in total. The Kier molecular flexibility index (Phi) is 8.58. The molecule has 1 aromatic heterocycles. The Morgan fingerprint density at radius 2 is 1.47 bits per heavy atom. The minimum absolute atomic E-state index is 0.0347. The zero-order chi connectivity index (χ0) is 39.9. The fraction of sp³-hybridized carbons (Fsp3) is 0.282. The maximum Gasteiger partial charge on any atom is 0.328 e. The standard InChI is InChI=1S/C39H33N3O13/c1-6-14(2)20-11-18-26(38(51)42(20)13-23(44)41-12-19(39(52)53)40-37(50)15(41)3)32(46)24-16(31(18)45)7-8-17-25(24)33(47)29-30(36(17)55-5)35(49)28-22(54-4)10-9-21(43)27(28)34(29)48/h7-11,14-15,19,43,47H,6,12-13H2,1-5H3,(H,40,50)(H,52,53). The molecule has 3 atom stereocenters. The number of fused-ring (bicyclic) bond motifs is 6. The first-order valence-corrected chi connectivity index (χ1v) is 17.2. The highest BCUT2D eigenvalue weighted by Gasteiger charge is 2.38. The molecule has 1 aliphatic rings. The number of piperazine rings is 1. The van der Waals surface area contributed by atoms with Gasteiger partial charge in [0.1, 0.15) is 41.6 Å². The third-order valence-corrected chi connectivity index (χ3v) is 10.7. The van der Waals surface area contributed by atoms with Crippen molar-refractivity contribution in [3.05, 3.63) is 87.3 Å². The maximum absolute atomic E-state index is 14.7. The lowest BCUT2D eigenvalue weighted by molar-refractivity contribution is -0.151. The number of benzene rings is 5. The summed E-state index contributed by atoms with van der Waals surface area (Å²) in [7, 11) is 2.46. The van der Waals surface area contributed by atoms with Crippen LogP contribution in [-0.4, -0.2) is 75.4 Å². The molecule has 6 aromatic rings. The molecule has 2 amide bonds. The number of amides is 2. The van der Waals surface area contributed by atoms with E-state index in [1.54, 1.807) is 13.8 Å². The molecule has 3 unspecified atom stereocenters. The first-order valence-electron chi connectivity index (χ1n) is 17.2. The molecule has 7 rings (SSSR count). The first kappa shape index (κ1) is 36.5. The highest BCUT2D eigenvalue weighted by molar-refractivity contribution is 6.23. The molecular weight excluding hydrogens is 718 g/mol. The monoisotopic (exact) mass is 751 g/mol. The zero-order valence-electron chi connectivity index (χ0n) is 30.1. The number of carbonyl (C=O) groups is 3. The lowest BCUT2D eigenvalue weighted by Crippen LogP contribution is -2.63. The van der Waals surface area contributed by atoms with Gasteiger partial charge in [-0.25, -0.2) is 4.79 Å². The van der Waals surface area contributed by atoms with Gasteiger partial charge in [0.15, 0.2) is 5.43 Å². The molecule has 0 radical (unpaired) electrons. The number of aromatic hydroxyl groups is 2. The number of aliphatic carboxylic acids is 1. The van der Waals surface area contributed by atoms with Crippen LogP contribution in [0.4, 0.5) is 0 Å². The van der Waals surface area contributed by atoms with Crippen molar-refractivity contribution in [2.75, 3.05) is 20.8 Å². The predicted octanol–water partition coefficient (Wildman–Crippen LogP) is 1.67. The molecule has 16 nitrogen and oxygen atoms in total. The van der Waals surface area contributed by atoms with E-state index in [2.05, 4.69) is 5.32 Å². The maximum atomic E-state index is 14.7. The molecule has 1 aliphatic heterocycles. The van der Waals surface area contributed by atoms with E-state index < -0.39 is 109 Å². The third kappa shape index (κ3) is 5.11. The zero-order valence-corrected chi connectivity index (χ0v) is 30.1. The van der Waals surface area contributed by atoms with Gasteiger partial charge < -0.3 is 39.6 Å². The summed E-state index contributed by atoms with van der Waals surface area (Å²) < 4.78 is 11.9. The van der Waals surface area contributed by atoms with E-state index in [-0.39, 0.29) is 49.5 Å². The molecule has 55 heavy (non-hydrogen) atoms. The summed E-state index contributed by atoms with van der Waals surface area (Å²) in [6, 6.07) is 3.91. The Hall–Kier alpha value is -6.84. The smallest absolute Gasteiger partial charge is 0.328 e. The molecule has 1 saturated heterocycles. The molecule has 0 spiro atoms. The second kappa shape index (κ2) is 12.9. The number of phenolic OH excluding ortho intramolecular Hbond substituents is 2. The van der Waals surface area contributed by atoms with Crippen LogP contribution in [-0.2, 0) is 20.9 Å². The molecular formula is C39H33N3O13. The summed E-state index contributed by atoms with van der Waals surface area (Å²) in [5, 5.41) is 30.7. The van der Waals surface area contributed by atoms with Gasteiger partial charge in [0.05, 0.1) is 47.7 Å². The predicted molar refractivity (Wildman–Crippen MR) is 202 cm³/mol. The number of nitrogens with one attached hydrogen (secondary N) is 1. The second-order valence-corrected chi connectivity index (χ2v) is 13.6. The van der Waals surface area contributed by atoms with Crippen LogP contribution < -0.4 is 42.1 Å². The van der Waals surface area contributed by atoms with Crippen molar-refractivity contribution in [1.29, 1.82) is 0 Å². The minimum atomic E-state index is -1.40. The van der Waals surface area contributed by atoms with Gasteiger partial charge in [-0.3, -0.25) is 33.6 Å². The van der Waals surface area contributed by atoms with Gasteiger partial charge in [-0.15, -0.1) is 0 Å². The number of hydrogen-bond acceptors (Lipinski definition) is 12. The van der Waals surface area contributed by atoms with Gasteiger partial charge in [-0.2, -0.15) is 0 Å². The molecule has 1 fully saturated rings. The number of rotatable bonds is 7. The summed E-state index contributed by atoms with van der Waals surface area (Å²) in [4.78, 5) is 111. The van der Waals surface area contributed by atoms with Crippen LogP contribution in [0.5, 0.6) is 23.0 Å². The van der Waals surface area contributed by atoms with Crippen molar-refractivity contribution >= 4 is 71.6 Å². The molecule has 282 valence electrons. The van der Waals surface area contributed by atoms with Crippen LogP contribution >= 0.6 is 0 Å². The number of methoxy groups -OCH3 is 2.